The monoisotopic (exact) mass is 274 g/mol. The maximum atomic E-state index is 2.34. The van der Waals surface area contributed by atoms with Gasteiger partial charge in [0, 0.05) is 0 Å². The molecule has 1 rings (SSSR count). The third kappa shape index (κ3) is 6.93. The molecule has 0 heterocycles. The van der Waals surface area contributed by atoms with Gasteiger partial charge in [0.05, 0.1) is 0 Å². The Hall–Kier alpha value is -1.04. The molecule has 0 N–H and O–H groups in total. The molecule has 0 fully saturated rings. The predicted molar refractivity (Wildman–Crippen MR) is 93.6 cm³/mol. The maximum absolute atomic E-state index is 2.34. The van der Waals surface area contributed by atoms with Crippen molar-refractivity contribution in [3.8, 4) is 0 Å². The maximum Gasteiger partial charge on any atom is -0.000762 e. The van der Waals surface area contributed by atoms with E-state index in [9.17, 15) is 0 Å². The van der Waals surface area contributed by atoms with E-state index in [-0.39, 0.29) is 0 Å². The molecule has 0 saturated carbocycles. The van der Waals surface area contributed by atoms with Crippen LogP contribution in [0.1, 0.15) is 82.9 Å². The van der Waals surface area contributed by atoms with Crippen molar-refractivity contribution in [2.24, 2.45) is 0 Å². The van der Waals surface area contributed by atoms with Crippen molar-refractivity contribution in [2.75, 3.05) is 0 Å². The summed E-state index contributed by atoms with van der Waals surface area (Å²) in [6, 6.07) is 6.73. The molecule has 0 radical (unpaired) electrons. The van der Waals surface area contributed by atoms with Crippen molar-refractivity contribution < 1.29 is 0 Å². The molecule has 20 heavy (non-hydrogen) atoms. The molecular formula is C20H34. The van der Waals surface area contributed by atoms with Gasteiger partial charge in [0.15, 0.2) is 0 Å². The first-order valence-electron chi connectivity index (χ1n) is 8.37. The second-order valence-electron chi connectivity index (χ2n) is 5.58. The summed E-state index contributed by atoms with van der Waals surface area (Å²) >= 11 is 0. The molecule has 114 valence electrons. The van der Waals surface area contributed by atoms with Crippen LogP contribution in [0.15, 0.2) is 30.4 Å². The molecule has 0 nitrogen and oxygen atoms in total. The number of unbranched alkanes of at least 4 members (excludes halogenated alkanes) is 1. The van der Waals surface area contributed by atoms with Crippen molar-refractivity contribution in [1.82, 2.24) is 0 Å². The van der Waals surface area contributed by atoms with Gasteiger partial charge in [-0.15, -0.1) is 0 Å². The number of hydrogen-bond donors (Lipinski definition) is 0. The number of rotatable bonds is 6. The summed E-state index contributed by atoms with van der Waals surface area (Å²) in [6.07, 6.45) is 10.8. The highest BCUT2D eigenvalue weighted by molar-refractivity contribution is 5.38. The van der Waals surface area contributed by atoms with E-state index in [0.29, 0.717) is 5.92 Å². The number of allylic oxidation sites excluding steroid dienone is 2. The van der Waals surface area contributed by atoms with Gasteiger partial charge >= 0.3 is 0 Å². The fraction of sp³-hybridized carbons (Fsp3) is 0.600. The van der Waals surface area contributed by atoms with Crippen molar-refractivity contribution in [3.05, 3.63) is 47.0 Å². The van der Waals surface area contributed by atoms with Crippen LogP contribution in [0.2, 0.25) is 0 Å². The zero-order valence-electron chi connectivity index (χ0n) is 14.5. The SMILES string of the molecule is CC/C=C\C(C)c1cccc(C)c1CCCC.CCC. The van der Waals surface area contributed by atoms with Crippen molar-refractivity contribution >= 4 is 0 Å². The number of aryl methyl sites for hydroxylation is 1. The second kappa shape index (κ2) is 11.8. The van der Waals surface area contributed by atoms with Crippen LogP contribution in [0.5, 0.6) is 0 Å². The fourth-order valence-electron chi connectivity index (χ4n) is 2.29. The van der Waals surface area contributed by atoms with Gasteiger partial charge in [-0.05, 0) is 48.8 Å². The summed E-state index contributed by atoms with van der Waals surface area (Å²) in [5.41, 5.74) is 4.54. The van der Waals surface area contributed by atoms with E-state index >= 15 is 0 Å². The Kier molecular flexibility index (Phi) is 11.1. The van der Waals surface area contributed by atoms with Crippen LogP contribution in [-0.4, -0.2) is 0 Å². The molecule has 0 aromatic heterocycles. The van der Waals surface area contributed by atoms with Crippen LogP contribution >= 0.6 is 0 Å². The molecule has 1 aromatic carbocycles. The van der Waals surface area contributed by atoms with Gasteiger partial charge in [0.2, 0.25) is 0 Å². The van der Waals surface area contributed by atoms with Gasteiger partial charge in [-0.25, -0.2) is 0 Å². The molecule has 0 amide bonds. The molecule has 0 aliphatic heterocycles. The fourth-order valence-corrected chi connectivity index (χ4v) is 2.29. The van der Waals surface area contributed by atoms with Gasteiger partial charge in [-0.2, -0.15) is 0 Å². The molecule has 0 saturated heterocycles. The molecule has 0 heteroatoms. The Balaban J connectivity index is 0.00000110. The molecule has 0 aliphatic rings. The van der Waals surface area contributed by atoms with Crippen molar-refractivity contribution in [1.29, 1.82) is 0 Å². The van der Waals surface area contributed by atoms with Gasteiger partial charge in [0.1, 0.15) is 0 Å². The molecule has 1 atom stereocenters. The van der Waals surface area contributed by atoms with E-state index in [1.807, 2.05) is 0 Å². The summed E-state index contributed by atoms with van der Waals surface area (Å²) in [5.74, 6) is 0.543. The Labute approximate surface area is 127 Å². The first kappa shape index (κ1) is 19.0. The molecule has 0 aliphatic carbocycles. The van der Waals surface area contributed by atoms with Crippen LogP contribution in [0.3, 0.4) is 0 Å². The van der Waals surface area contributed by atoms with Crippen LogP contribution in [0.4, 0.5) is 0 Å². The van der Waals surface area contributed by atoms with Gasteiger partial charge in [0.25, 0.3) is 0 Å². The largest absolute Gasteiger partial charge is 0.0882 e. The first-order chi connectivity index (χ1) is 9.62. The highest BCUT2D eigenvalue weighted by Gasteiger charge is 2.09. The topological polar surface area (TPSA) is 0 Å². The summed E-state index contributed by atoms with van der Waals surface area (Å²) in [6.45, 7) is 13.2. The predicted octanol–water partition coefficient (Wildman–Crippen LogP) is 6.82. The summed E-state index contributed by atoms with van der Waals surface area (Å²) in [4.78, 5) is 0. The number of hydrogen-bond acceptors (Lipinski definition) is 0. The summed E-state index contributed by atoms with van der Waals surface area (Å²) in [7, 11) is 0. The van der Waals surface area contributed by atoms with E-state index in [2.05, 4.69) is 71.9 Å². The first-order valence-corrected chi connectivity index (χ1v) is 8.37. The summed E-state index contributed by atoms with van der Waals surface area (Å²) in [5, 5.41) is 0. The van der Waals surface area contributed by atoms with E-state index in [1.54, 1.807) is 5.56 Å². The second-order valence-corrected chi connectivity index (χ2v) is 5.58. The normalized spacial score (nSPS) is 12.1. The zero-order valence-corrected chi connectivity index (χ0v) is 14.5. The zero-order chi connectivity index (χ0) is 15.4. The smallest absolute Gasteiger partial charge is 0.000762 e. The van der Waals surface area contributed by atoms with Gasteiger partial charge < -0.3 is 0 Å². The van der Waals surface area contributed by atoms with Gasteiger partial charge in [-0.1, -0.05) is 77.8 Å². The van der Waals surface area contributed by atoms with Crippen LogP contribution in [0.25, 0.3) is 0 Å². The minimum Gasteiger partial charge on any atom is -0.0882 e. The molecule has 0 spiro atoms. The average Bonchev–Trinajstić information content (AvgIpc) is 2.44. The van der Waals surface area contributed by atoms with Crippen LogP contribution in [-0.2, 0) is 6.42 Å². The molecule has 1 unspecified atom stereocenters. The lowest BCUT2D eigenvalue weighted by atomic mass is 9.89. The Morgan fingerprint density at radius 2 is 1.75 bits per heavy atom. The van der Waals surface area contributed by atoms with E-state index < -0.39 is 0 Å². The lowest BCUT2D eigenvalue weighted by Crippen LogP contribution is -2.00. The molecule has 0 bridgehead atoms. The van der Waals surface area contributed by atoms with Gasteiger partial charge in [-0.3, -0.25) is 0 Å². The average molecular weight is 274 g/mol. The third-order valence-corrected chi connectivity index (χ3v) is 3.38. The standard InChI is InChI=1S/C17H26.C3H8/c1-5-7-10-14(3)17-13-9-11-15(4)16(17)12-8-6-2;1-3-2/h7,9-11,13-14H,5-6,8,12H2,1-4H3;3H2,1-2H3/b10-7-;. The summed E-state index contributed by atoms with van der Waals surface area (Å²) < 4.78 is 0. The van der Waals surface area contributed by atoms with E-state index in [0.717, 1.165) is 6.42 Å². The minimum absolute atomic E-state index is 0.543. The Bertz CT molecular complexity index is 374. The van der Waals surface area contributed by atoms with Crippen LogP contribution < -0.4 is 0 Å². The molecular weight excluding hydrogens is 240 g/mol. The lowest BCUT2D eigenvalue weighted by Gasteiger charge is -2.16. The van der Waals surface area contributed by atoms with Crippen molar-refractivity contribution in [3.63, 3.8) is 0 Å². The quantitative estimate of drug-likeness (QED) is 0.499. The highest BCUT2D eigenvalue weighted by Crippen LogP contribution is 2.25. The number of benzene rings is 1. The van der Waals surface area contributed by atoms with Crippen LogP contribution in [0, 0.1) is 6.92 Å². The van der Waals surface area contributed by atoms with E-state index in [4.69, 9.17) is 0 Å². The third-order valence-electron chi connectivity index (χ3n) is 3.38. The minimum atomic E-state index is 0.543. The Morgan fingerprint density at radius 1 is 1.10 bits per heavy atom. The van der Waals surface area contributed by atoms with E-state index in [1.165, 1.54) is 36.8 Å². The highest BCUT2D eigenvalue weighted by atomic mass is 14.1. The molecule has 1 aromatic rings. The lowest BCUT2D eigenvalue weighted by molar-refractivity contribution is 0.775. The Morgan fingerprint density at radius 3 is 2.30 bits per heavy atom. The van der Waals surface area contributed by atoms with Crippen molar-refractivity contribution in [2.45, 2.75) is 79.6 Å².